The summed E-state index contributed by atoms with van der Waals surface area (Å²) in [5.74, 6) is 2.55. The summed E-state index contributed by atoms with van der Waals surface area (Å²) < 4.78 is 22.4. The van der Waals surface area contributed by atoms with Crippen molar-refractivity contribution in [3.63, 3.8) is 0 Å². The minimum atomic E-state index is -0.0404. The molecule has 0 spiro atoms. The summed E-state index contributed by atoms with van der Waals surface area (Å²) in [6, 6.07) is 5.12. The summed E-state index contributed by atoms with van der Waals surface area (Å²) in [5, 5.41) is 0. The zero-order valence-electron chi connectivity index (χ0n) is 17.9. The molecule has 0 aliphatic rings. The molecule has 0 amide bonds. The van der Waals surface area contributed by atoms with Crippen LogP contribution in [0, 0.1) is 0 Å². The SMILES string of the molecule is CCOC(C[SiH2]CCCSSSCCC[SiH2]CC(OCC)OCC)OCC. The van der Waals surface area contributed by atoms with Crippen molar-refractivity contribution in [1.29, 1.82) is 0 Å². The maximum atomic E-state index is 5.61. The Labute approximate surface area is 184 Å². The molecule has 164 valence electrons. The molecule has 0 saturated heterocycles. The maximum Gasteiger partial charge on any atom is 0.154 e. The largest absolute Gasteiger partial charge is 0.353 e. The van der Waals surface area contributed by atoms with Gasteiger partial charge < -0.3 is 18.9 Å². The van der Waals surface area contributed by atoms with Gasteiger partial charge in [-0.3, -0.25) is 0 Å². The van der Waals surface area contributed by atoms with E-state index < -0.39 is 0 Å². The minimum Gasteiger partial charge on any atom is -0.353 e. The van der Waals surface area contributed by atoms with Gasteiger partial charge in [-0.15, -0.1) is 0 Å². The van der Waals surface area contributed by atoms with Gasteiger partial charge in [-0.2, -0.15) is 0 Å². The number of rotatable bonds is 22. The lowest BCUT2D eigenvalue weighted by Crippen LogP contribution is -2.19. The Bertz CT molecular complexity index is 257. The third-order valence-corrected chi connectivity index (χ3v) is 12.0. The molecule has 0 radical (unpaired) electrons. The van der Waals surface area contributed by atoms with E-state index in [1.165, 1.54) is 36.4 Å². The summed E-state index contributed by atoms with van der Waals surface area (Å²) >= 11 is 0. The summed E-state index contributed by atoms with van der Waals surface area (Å²) in [6.07, 6.45) is 2.81. The summed E-state index contributed by atoms with van der Waals surface area (Å²) in [7, 11) is 5.95. The molecule has 0 aliphatic carbocycles. The Morgan fingerprint density at radius 1 is 0.630 bits per heavy atom. The molecule has 0 atom stereocenters. The molecule has 9 heteroatoms. The third-order valence-electron chi connectivity index (χ3n) is 3.84. The maximum absolute atomic E-state index is 5.61. The van der Waals surface area contributed by atoms with Crippen LogP contribution in [0.1, 0.15) is 40.5 Å². The van der Waals surface area contributed by atoms with E-state index in [2.05, 4.69) is 0 Å². The third kappa shape index (κ3) is 20.4. The predicted octanol–water partition coefficient (Wildman–Crippen LogP) is 4.61. The van der Waals surface area contributed by atoms with Crippen molar-refractivity contribution in [2.75, 3.05) is 37.9 Å². The first-order chi connectivity index (χ1) is 13.3. The molecule has 0 bridgehead atoms. The molecule has 0 aromatic carbocycles. The molecule has 0 rings (SSSR count). The Morgan fingerprint density at radius 3 is 1.33 bits per heavy atom. The minimum absolute atomic E-state index is 0.0404. The molecular weight excluding hydrogens is 433 g/mol. The van der Waals surface area contributed by atoms with E-state index >= 15 is 0 Å². The smallest absolute Gasteiger partial charge is 0.154 e. The lowest BCUT2D eigenvalue weighted by atomic mass is 10.6. The number of hydrogen-bond donors (Lipinski definition) is 0. The average molecular weight is 475 g/mol. The first-order valence-corrected chi connectivity index (χ1v) is 18.5. The van der Waals surface area contributed by atoms with Gasteiger partial charge in [0.15, 0.2) is 12.6 Å². The van der Waals surface area contributed by atoms with Gasteiger partial charge in [0.05, 0.1) is 0 Å². The Hall–Kier alpha value is 1.32. The topological polar surface area (TPSA) is 36.9 Å². The van der Waals surface area contributed by atoms with Crippen molar-refractivity contribution in [3.05, 3.63) is 0 Å². The highest BCUT2D eigenvalue weighted by atomic mass is 33.5. The van der Waals surface area contributed by atoms with Crippen LogP contribution < -0.4 is 0 Å². The van der Waals surface area contributed by atoms with Gasteiger partial charge in [-0.05, 0) is 62.5 Å². The van der Waals surface area contributed by atoms with Gasteiger partial charge in [-0.1, -0.05) is 33.7 Å². The van der Waals surface area contributed by atoms with Gasteiger partial charge in [0.25, 0.3) is 0 Å². The highest BCUT2D eigenvalue weighted by Gasteiger charge is 2.08. The molecule has 0 unspecified atom stereocenters. The fraction of sp³-hybridized carbons (Fsp3) is 1.00. The fourth-order valence-corrected chi connectivity index (χ4v) is 10.4. The molecule has 0 heterocycles. The molecule has 0 fully saturated rings. The molecule has 0 aromatic heterocycles. The lowest BCUT2D eigenvalue weighted by Gasteiger charge is -2.16. The molecule has 0 aromatic rings. The van der Waals surface area contributed by atoms with E-state index in [0.29, 0.717) is 0 Å². The molecule has 0 saturated carbocycles. The fourth-order valence-electron chi connectivity index (χ4n) is 2.57. The van der Waals surface area contributed by atoms with E-state index in [-0.39, 0.29) is 31.6 Å². The second-order valence-corrected chi connectivity index (χ2v) is 14.5. The zero-order valence-corrected chi connectivity index (χ0v) is 23.2. The summed E-state index contributed by atoms with van der Waals surface area (Å²) in [6.45, 7) is 11.2. The molecule has 27 heavy (non-hydrogen) atoms. The van der Waals surface area contributed by atoms with Crippen LogP contribution in [-0.2, 0) is 18.9 Å². The van der Waals surface area contributed by atoms with Crippen LogP contribution in [0.2, 0.25) is 24.2 Å². The standard InChI is InChI=1S/C18H42O4S3Si2/c1-5-19-17(20-6-2)15-26-13-9-11-23-25-24-12-10-14-27-16-18(21-7-3)22-8-4/h17-18H,5-16,26-27H2,1-4H3. The van der Waals surface area contributed by atoms with Crippen LogP contribution >= 0.6 is 31.4 Å². The van der Waals surface area contributed by atoms with Crippen molar-refractivity contribution in [3.8, 4) is 0 Å². The highest BCUT2D eigenvalue weighted by molar-refractivity contribution is 9.09. The average Bonchev–Trinajstić information content (AvgIpc) is 2.66. The summed E-state index contributed by atoms with van der Waals surface area (Å²) in [4.78, 5) is 0. The van der Waals surface area contributed by atoms with Crippen molar-refractivity contribution in [2.45, 2.75) is 77.3 Å². The second-order valence-electron chi connectivity index (χ2n) is 6.09. The second kappa shape index (κ2) is 23.6. The normalized spacial score (nSPS) is 12.7. The summed E-state index contributed by atoms with van der Waals surface area (Å²) in [5.41, 5.74) is 0. The van der Waals surface area contributed by atoms with Crippen LogP contribution in [0.5, 0.6) is 0 Å². The lowest BCUT2D eigenvalue weighted by molar-refractivity contribution is -0.123. The Morgan fingerprint density at radius 2 is 1.00 bits per heavy atom. The van der Waals surface area contributed by atoms with E-state index in [9.17, 15) is 0 Å². The van der Waals surface area contributed by atoms with Gasteiger partial charge in [0.1, 0.15) is 0 Å². The van der Waals surface area contributed by atoms with Gasteiger partial charge in [0, 0.05) is 57.0 Å². The first-order valence-electron chi connectivity index (χ1n) is 10.7. The Balaban J connectivity index is 3.31. The van der Waals surface area contributed by atoms with Gasteiger partial charge >= 0.3 is 0 Å². The zero-order chi connectivity index (χ0) is 20.0. The van der Waals surface area contributed by atoms with Gasteiger partial charge in [0.2, 0.25) is 0 Å². The van der Waals surface area contributed by atoms with E-state index in [0.717, 1.165) is 38.5 Å². The van der Waals surface area contributed by atoms with E-state index in [1.54, 1.807) is 0 Å². The number of ether oxygens (including phenoxy) is 4. The number of hydrogen-bond acceptors (Lipinski definition) is 7. The van der Waals surface area contributed by atoms with Crippen LogP contribution in [0.15, 0.2) is 0 Å². The Kier molecular flexibility index (Phi) is 24.8. The van der Waals surface area contributed by atoms with Crippen molar-refractivity contribution < 1.29 is 18.9 Å². The van der Waals surface area contributed by atoms with Crippen molar-refractivity contribution in [1.82, 2.24) is 0 Å². The van der Waals surface area contributed by atoms with Crippen LogP contribution in [0.4, 0.5) is 0 Å². The monoisotopic (exact) mass is 474 g/mol. The molecule has 0 aliphatic heterocycles. The highest BCUT2D eigenvalue weighted by Crippen LogP contribution is 2.35. The van der Waals surface area contributed by atoms with E-state index in [4.69, 9.17) is 18.9 Å². The quantitative estimate of drug-likeness (QED) is 0.0981. The predicted molar refractivity (Wildman–Crippen MR) is 132 cm³/mol. The van der Waals surface area contributed by atoms with Crippen molar-refractivity contribution >= 4 is 50.5 Å². The van der Waals surface area contributed by atoms with Crippen molar-refractivity contribution in [2.24, 2.45) is 0 Å². The van der Waals surface area contributed by atoms with Crippen LogP contribution in [0.3, 0.4) is 0 Å². The first kappa shape index (κ1) is 28.3. The van der Waals surface area contributed by atoms with Crippen LogP contribution in [0.25, 0.3) is 0 Å². The van der Waals surface area contributed by atoms with Gasteiger partial charge in [-0.25, -0.2) is 0 Å². The molecule has 4 nitrogen and oxygen atoms in total. The molecular formula is C18H42O4S3Si2. The van der Waals surface area contributed by atoms with Crippen LogP contribution in [-0.4, -0.2) is 69.6 Å². The molecule has 0 N–H and O–H groups in total. The van der Waals surface area contributed by atoms with E-state index in [1.807, 2.05) is 59.1 Å².